The second kappa shape index (κ2) is 5.76. The summed E-state index contributed by atoms with van der Waals surface area (Å²) in [5.41, 5.74) is 1.48. The number of rotatable bonds is 3. The smallest absolute Gasteiger partial charge is 0.260 e. The van der Waals surface area contributed by atoms with E-state index < -0.39 is 0 Å². The van der Waals surface area contributed by atoms with Crippen molar-refractivity contribution in [3.63, 3.8) is 0 Å². The molecule has 5 nitrogen and oxygen atoms in total. The maximum atomic E-state index is 12.3. The maximum Gasteiger partial charge on any atom is 0.260 e. The number of nitrogens with zero attached hydrogens (tertiary/aromatic N) is 3. The summed E-state index contributed by atoms with van der Waals surface area (Å²) >= 11 is 5.95. The summed E-state index contributed by atoms with van der Waals surface area (Å²) in [6.07, 6.45) is 0. The molecule has 2 rings (SSSR count). The quantitative estimate of drug-likeness (QED) is 0.815. The average Bonchev–Trinajstić information content (AvgIpc) is 2.80. The van der Waals surface area contributed by atoms with Crippen molar-refractivity contribution in [2.75, 3.05) is 13.6 Å². The van der Waals surface area contributed by atoms with Crippen LogP contribution in [0.2, 0.25) is 5.02 Å². The normalized spacial score (nSPS) is 10.1. The van der Waals surface area contributed by atoms with Crippen molar-refractivity contribution in [1.82, 2.24) is 10.1 Å². The maximum absolute atomic E-state index is 12.3. The molecule has 0 saturated heterocycles. The summed E-state index contributed by atoms with van der Waals surface area (Å²) in [6, 6.07) is 8.95. The number of aromatic nitrogens is 1. The molecule has 0 aliphatic carbocycles. The molecule has 2 aromatic rings. The third-order valence-corrected chi connectivity index (χ3v) is 3.06. The van der Waals surface area contributed by atoms with E-state index in [1.807, 2.05) is 6.07 Å². The Morgan fingerprint density at radius 1 is 1.55 bits per heavy atom. The van der Waals surface area contributed by atoms with Crippen molar-refractivity contribution in [3.8, 4) is 17.3 Å². The molecule has 0 aliphatic heterocycles. The highest BCUT2D eigenvalue weighted by Gasteiger charge is 2.24. The van der Waals surface area contributed by atoms with Gasteiger partial charge < -0.3 is 9.42 Å². The van der Waals surface area contributed by atoms with E-state index in [4.69, 9.17) is 21.4 Å². The van der Waals surface area contributed by atoms with Gasteiger partial charge in [-0.15, -0.1) is 0 Å². The first kappa shape index (κ1) is 14.1. The third-order valence-electron chi connectivity index (χ3n) is 2.83. The minimum absolute atomic E-state index is 0.00155. The molecule has 6 heteroatoms. The van der Waals surface area contributed by atoms with Crippen LogP contribution in [-0.4, -0.2) is 29.6 Å². The van der Waals surface area contributed by atoms with Crippen LogP contribution in [0.25, 0.3) is 11.3 Å². The zero-order valence-electron chi connectivity index (χ0n) is 11.1. The van der Waals surface area contributed by atoms with E-state index in [2.05, 4.69) is 5.16 Å². The second-order valence-electron chi connectivity index (χ2n) is 4.29. The Hall–Kier alpha value is -2.32. The zero-order chi connectivity index (χ0) is 14.7. The van der Waals surface area contributed by atoms with E-state index in [-0.39, 0.29) is 12.5 Å². The molecule has 1 aromatic heterocycles. The van der Waals surface area contributed by atoms with Gasteiger partial charge in [0.05, 0.1) is 6.07 Å². The Morgan fingerprint density at radius 3 is 2.95 bits per heavy atom. The SMILES string of the molecule is Cc1onc(-c2cccc(Cl)c2)c1C(=O)N(C)CC#N. The predicted octanol–water partition coefficient (Wildman–Crippen LogP) is 2.90. The van der Waals surface area contributed by atoms with Crippen molar-refractivity contribution in [1.29, 1.82) is 5.26 Å². The van der Waals surface area contributed by atoms with Crippen LogP contribution in [0, 0.1) is 18.3 Å². The number of hydrogen-bond donors (Lipinski definition) is 0. The summed E-state index contributed by atoms with van der Waals surface area (Å²) < 4.78 is 5.12. The van der Waals surface area contributed by atoms with Crippen LogP contribution in [0.3, 0.4) is 0 Å². The van der Waals surface area contributed by atoms with Crippen molar-refractivity contribution >= 4 is 17.5 Å². The van der Waals surface area contributed by atoms with Gasteiger partial charge in [-0.05, 0) is 19.1 Å². The lowest BCUT2D eigenvalue weighted by Gasteiger charge is -2.12. The standard InChI is InChI=1S/C14H12ClN3O2/c1-9-12(14(19)18(2)7-6-16)13(17-20-9)10-4-3-5-11(15)8-10/h3-5,8H,7H2,1-2H3. The molecule has 0 spiro atoms. The monoisotopic (exact) mass is 289 g/mol. The van der Waals surface area contributed by atoms with E-state index >= 15 is 0 Å². The molecule has 0 bridgehead atoms. The van der Waals surface area contributed by atoms with Crippen LogP contribution in [0.1, 0.15) is 16.1 Å². The van der Waals surface area contributed by atoms with Gasteiger partial charge >= 0.3 is 0 Å². The highest BCUT2D eigenvalue weighted by atomic mass is 35.5. The number of benzene rings is 1. The van der Waals surface area contributed by atoms with Crippen molar-refractivity contribution in [2.24, 2.45) is 0 Å². The van der Waals surface area contributed by atoms with Crippen LogP contribution in [-0.2, 0) is 0 Å². The van der Waals surface area contributed by atoms with Gasteiger partial charge in [-0.25, -0.2) is 0 Å². The van der Waals surface area contributed by atoms with E-state index in [1.54, 1.807) is 38.2 Å². The van der Waals surface area contributed by atoms with Gasteiger partial charge in [0.1, 0.15) is 23.6 Å². The number of nitriles is 1. The Morgan fingerprint density at radius 2 is 2.30 bits per heavy atom. The fourth-order valence-corrected chi connectivity index (χ4v) is 2.02. The summed E-state index contributed by atoms with van der Waals surface area (Å²) in [6.45, 7) is 1.66. The van der Waals surface area contributed by atoms with Gasteiger partial charge in [0.2, 0.25) is 0 Å². The van der Waals surface area contributed by atoms with E-state index in [0.29, 0.717) is 27.6 Å². The molecule has 0 radical (unpaired) electrons. The molecule has 0 unspecified atom stereocenters. The molecule has 0 saturated carbocycles. The molecular weight excluding hydrogens is 278 g/mol. The van der Waals surface area contributed by atoms with E-state index in [9.17, 15) is 4.79 Å². The van der Waals surface area contributed by atoms with Gasteiger partial charge in [-0.3, -0.25) is 4.79 Å². The highest BCUT2D eigenvalue weighted by molar-refractivity contribution is 6.30. The number of aryl methyl sites for hydroxylation is 1. The topological polar surface area (TPSA) is 70.1 Å². The molecule has 0 N–H and O–H groups in total. The fourth-order valence-electron chi connectivity index (χ4n) is 1.83. The lowest BCUT2D eigenvalue weighted by Crippen LogP contribution is -2.27. The van der Waals surface area contributed by atoms with Crippen molar-refractivity contribution in [3.05, 3.63) is 40.6 Å². The average molecular weight is 290 g/mol. The first-order valence-electron chi connectivity index (χ1n) is 5.89. The number of carbonyl (C=O) groups excluding carboxylic acids is 1. The lowest BCUT2D eigenvalue weighted by molar-refractivity contribution is 0.0811. The largest absolute Gasteiger partial charge is 0.360 e. The lowest BCUT2D eigenvalue weighted by atomic mass is 10.1. The van der Waals surface area contributed by atoms with Gasteiger partial charge in [-0.2, -0.15) is 5.26 Å². The van der Waals surface area contributed by atoms with Crippen molar-refractivity contribution < 1.29 is 9.32 Å². The first-order chi connectivity index (χ1) is 9.54. The molecule has 0 aliphatic rings. The molecule has 20 heavy (non-hydrogen) atoms. The molecular formula is C14H12ClN3O2. The number of halogens is 1. The van der Waals surface area contributed by atoms with Crippen molar-refractivity contribution in [2.45, 2.75) is 6.92 Å². The second-order valence-corrected chi connectivity index (χ2v) is 4.73. The van der Waals surface area contributed by atoms with E-state index in [1.165, 1.54) is 4.90 Å². The van der Waals surface area contributed by atoms with Crippen LogP contribution in [0.4, 0.5) is 0 Å². The molecule has 1 amide bonds. The summed E-state index contributed by atoms with van der Waals surface area (Å²) in [5, 5.41) is 13.1. The number of hydrogen-bond acceptors (Lipinski definition) is 4. The Balaban J connectivity index is 2.48. The van der Waals surface area contributed by atoms with Crippen LogP contribution < -0.4 is 0 Å². The summed E-state index contributed by atoms with van der Waals surface area (Å²) in [5.74, 6) is 0.107. The minimum atomic E-state index is -0.305. The van der Waals surface area contributed by atoms with Crippen LogP contribution in [0.15, 0.2) is 28.8 Å². The zero-order valence-corrected chi connectivity index (χ0v) is 11.8. The van der Waals surface area contributed by atoms with Crippen LogP contribution in [0.5, 0.6) is 0 Å². The molecule has 0 fully saturated rings. The van der Waals surface area contributed by atoms with E-state index in [0.717, 1.165) is 0 Å². The number of amides is 1. The summed E-state index contributed by atoms with van der Waals surface area (Å²) in [4.78, 5) is 13.7. The molecule has 102 valence electrons. The highest BCUT2D eigenvalue weighted by Crippen LogP contribution is 2.28. The first-order valence-corrected chi connectivity index (χ1v) is 6.27. The Labute approximate surface area is 121 Å². The fraction of sp³-hybridized carbons (Fsp3) is 0.214. The minimum Gasteiger partial charge on any atom is -0.360 e. The van der Waals surface area contributed by atoms with Gasteiger partial charge in [0.15, 0.2) is 0 Å². The Kier molecular flexibility index (Phi) is 4.06. The van der Waals surface area contributed by atoms with Gasteiger partial charge in [0, 0.05) is 17.6 Å². The van der Waals surface area contributed by atoms with Gasteiger partial charge in [0.25, 0.3) is 5.91 Å². The van der Waals surface area contributed by atoms with Crippen LogP contribution >= 0.6 is 11.6 Å². The predicted molar refractivity (Wildman–Crippen MR) is 74.3 cm³/mol. The number of carbonyl (C=O) groups is 1. The summed E-state index contributed by atoms with van der Waals surface area (Å²) in [7, 11) is 1.56. The molecule has 0 atom stereocenters. The Bertz CT molecular complexity index is 688. The molecule has 1 heterocycles. The van der Waals surface area contributed by atoms with Gasteiger partial charge in [-0.1, -0.05) is 28.9 Å². The third kappa shape index (κ3) is 2.65. The molecule has 1 aromatic carbocycles.